The third-order valence-corrected chi connectivity index (χ3v) is 3.60. The number of benzene rings is 1. The van der Waals surface area contributed by atoms with Gasteiger partial charge in [0.05, 0.1) is 11.2 Å². The van der Waals surface area contributed by atoms with E-state index in [9.17, 15) is 4.91 Å². The third kappa shape index (κ3) is 4.13. The van der Waals surface area contributed by atoms with Crippen LogP contribution in [0.3, 0.4) is 0 Å². The highest BCUT2D eigenvalue weighted by atomic mass is 16.3. The molecule has 0 bridgehead atoms. The Morgan fingerprint density at radius 2 is 1.92 bits per heavy atom. The molecule has 6 heteroatoms. The molecule has 0 unspecified atom stereocenters. The second-order valence-corrected chi connectivity index (χ2v) is 5.48. The first-order valence-corrected chi connectivity index (χ1v) is 7.69. The van der Waals surface area contributed by atoms with Crippen molar-refractivity contribution >= 4 is 34.6 Å². The summed E-state index contributed by atoms with van der Waals surface area (Å²) in [5, 5.41) is 5.29. The predicted molar refractivity (Wildman–Crippen MR) is 102 cm³/mol. The molecule has 0 aliphatic carbocycles. The van der Waals surface area contributed by atoms with Gasteiger partial charge >= 0.3 is 0 Å². The summed E-state index contributed by atoms with van der Waals surface area (Å²) in [5.74, 6) is 6.33. The Kier molecular flexibility index (Phi) is 4.92. The number of rotatable bonds is 5. The van der Waals surface area contributed by atoms with E-state index in [1.165, 1.54) is 5.01 Å². The zero-order valence-electron chi connectivity index (χ0n) is 13.7. The molecule has 124 valence electrons. The van der Waals surface area contributed by atoms with E-state index in [0.29, 0.717) is 11.5 Å². The van der Waals surface area contributed by atoms with Crippen molar-refractivity contribution in [3.63, 3.8) is 0 Å². The summed E-state index contributed by atoms with van der Waals surface area (Å²) in [5.41, 5.74) is 3.04. The molecule has 6 nitrogen and oxygen atoms in total. The van der Waals surface area contributed by atoms with Gasteiger partial charge in [0.2, 0.25) is 0 Å². The predicted octanol–water partition coefficient (Wildman–Crippen LogP) is 4.06. The van der Waals surface area contributed by atoms with Gasteiger partial charge in [-0.2, -0.15) is 0 Å². The van der Waals surface area contributed by atoms with Crippen molar-refractivity contribution in [1.29, 1.82) is 0 Å². The zero-order chi connectivity index (χ0) is 17.6. The van der Waals surface area contributed by atoms with Gasteiger partial charge in [-0.25, -0.2) is 15.8 Å². The van der Waals surface area contributed by atoms with E-state index in [1.54, 1.807) is 31.4 Å². The van der Waals surface area contributed by atoms with Crippen molar-refractivity contribution in [2.24, 2.45) is 11.0 Å². The summed E-state index contributed by atoms with van der Waals surface area (Å²) in [6, 6.07) is 12.8. The van der Waals surface area contributed by atoms with E-state index in [1.807, 2.05) is 48.6 Å². The van der Waals surface area contributed by atoms with Gasteiger partial charge in [-0.1, -0.05) is 24.3 Å². The maximum absolute atomic E-state index is 10.6. The summed E-state index contributed by atoms with van der Waals surface area (Å²) in [6.07, 6.45) is 9.47. The maximum atomic E-state index is 10.6. The Bertz CT molecular complexity index is 946. The number of nitrogens with two attached hydrogens (primary N) is 1. The molecule has 0 saturated heterocycles. The topological polar surface area (TPSA) is 84.5 Å². The van der Waals surface area contributed by atoms with E-state index in [2.05, 4.69) is 15.1 Å². The standard InChI is InChI=1S/C19H17N5O/c1-24(20)19-11-6-14(13-21-19)4-2-3-5-16-8-7-15-12-17(23-25)9-10-18(15)22-16/h2-13H,20H2,1H3/b4-2+,5-3+. The molecule has 0 atom stereocenters. The Morgan fingerprint density at radius 3 is 2.64 bits per heavy atom. The highest BCUT2D eigenvalue weighted by Gasteiger charge is 1.98. The summed E-state index contributed by atoms with van der Waals surface area (Å²) in [4.78, 5) is 19.3. The van der Waals surface area contributed by atoms with Crippen LogP contribution in [0.15, 0.2) is 66.0 Å². The Hall–Kier alpha value is -3.38. The first kappa shape index (κ1) is 16.5. The largest absolute Gasteiger partial charge is 0.298 e. The number of nitroso groups, excluding NO2 is 1. The average molecular weight is 331 g/mol. The SMILES string of the molecule is CN(N)c1ccc(/C=C/C=C/c2ccc3cc(N=O)ccc3n2)cn1. The van der Waals surface area contributed by atoms with Crippen LogP contribution in [-0.2, 0) is 0 Å². The van der Waals surface area contributed by atoms with Crippen LogP contribution in [0.25, 0.3) is 23.1 Å². The number of hydrogen-bond donors (Lipinski definition) is 1. The number of fused-ring (bicyclic) bond motifs is 1. The van der Waals surface area contributed by atoms with E-state index >= 15 is 0 Å². The van der Waals surface area contributed by atoms with Gasteiger partial charge < -0.3 is 0 Å². The summed E-state index contributed by atoms with van der Waals surface area (Å²) in [6.45, 7) is 0. The first-order valence-electron chi connectivity index (χ1n) is 7.69. The first-order chi connectivity index (χ1) is 12.2. The minimum Gasteiger partial charge on any atom is -0.298 e. The van der Waals surface area contributed by atoms with Gasteiger partial charge in [-0.15, -0.1) is 4.91 Å². The molecule has 3 rings (SSSR count). The minimum absolute atomic E-state index is 0.404. The van der Waals surface area contributed by atoms with Crippen LogP contribution in [0, 0.1) is 4.91 Å². The van der Waals surface area contributed by atoms with Gasteiger partial charge in [0.15, 0.2) is 0 Å². The van der Waals surface area contributed by atoms with E-state index in [-0.39, 0.29) is 0 Å². The fourth-order valence-electron chi connectivity index (χ4n) is 2.30. The molecule has 0 saturated carbocycles. The van der Waals surface area contributed by atoms with Crippen LogP contribution >= 0.6 is 0 Å². The molecule has 0 aliphatic rings. The van der Waals surface area contributed by atoms with Crippen LogP contribution < -0.4 is 10.9 Å². The summed E-state index contributed by atoms with van der Waals surface area (Å²) < 4.78 is 0. The number of aromatic nitrogens is 2. The molecule has 0 radical (unpaired) electrons. The monoisotopic (exact) mass is 331 g/mol. The Balaban J connectivity index is 1.71. The molecular formula is C19H17N5O. The fraction of sp³-hybridized carbons (Fsp3) is 0.0526. The molecule has 0 aliphatic heterocycles. The van der Waals surface area contributed by atoms with Crippen molar-refractivity contribution in [1.82, 2.24) is 9.97 Å². The van der Waals surface area contributed by atoms with E-state index in [0.717, 1.165) is 22.2 Å². The van der Waals surface area contributed by atoms with Crippen molar-refractivity contribution in [2.75, 3.05) is 12.1 Å². The molecule has 2 N–H and O–H groups in total. The molecule has 2 heterocycles. The minimum atomic E-state index is 0.404. The lowest BCUT2D eigenvalue weighted by Gasteiger charge is -2.09. The molecule has 25 heavy (non-hydrogen) atoms. The van der Waals surface area contributed by atoms with Gasteiger partial charge in [-0.05, 0) is 53.2 Å². The van der Waals surface area contributed by atoms with Gasteiger partial charge in [0, 0.05) is 18.6 Å². The molecule has 0 fully saturated rings. The number of anilines is 1. The molecule has 0 spiro atoms. The molecule has 3 aromatic rings. The number of nitrogens with zero attached hydrogens (tertiary/aromatic N) is 4. The van der Waals surface area contributed by atoms with E-state index < -0.39 is 0 Å². The zero-order valence-corrected chi connectivity index (χ0v) is 13.7. The quantitative estimate of drug-likeness (QED) is 0.330. The highest BCUT2D eigenvalue weighted by molar-refractivity contribution is 5.82. The van der Waals surface area contributed by atoms with Crippen LogP contribution in [0.1, 0.15) is 11.3 Å². The number of hydrogen-bond acceptors (Lipinski definition) is 6. The van der Waals surface area contributed by atoms with Gasteiger partial charge in [0.1, 0.15) is 11.5 Å². The molecule has 2 aromatic heterocycles. The fourth-order valence-corrected chi connectivity index (χ4v) is 2.30. The highest BCUT2D eigenvalue weighted by Crippen LogP contribution is 2.20. The number of hydrazine groups is 1. The summed E-state index contributed by atoms with van der Waals surface area (Å²) >= 11 is 0. The molecule has 0 amide bonds. The Labute approximate surface area is 145 Å². The second kappa shape index (κ2) is 7.46. The molecule has 1 aromatic carbocycles. The lowest BCUT2D eigenvalue weighted by Crippen LogP contribution is -2.25. The van der Waals surface area contributed by atoms with Gasteiger partial charge in [-0.3, -0.25) is 5.01 Å². The van der Waals surface area contributed by atoms with Crippen LogP contribution in [0.4, 0.5) is 11.5 Å². The maximum Gasteiger partial charge on any atom is 0.142 e. The van der Waals surface area contributed by atoms with Crippen LogP contribution in [0.2, 0.25) is 0 Å². The van der Waals surface area contributed by atoms with E-state index in [4.69, 9.17) is 5.84 Å². The van der Waals surface area contributed by atoms with Gasteiger partial charge in [0.25, 0.3) is 0 Å². The number of pyridine rings is 2. The van der Waals surface area contributed by atoms with Crippen molar-refractivity contribution in [2.45, 2.75) is 0 Å². The van der Waals surface area contributed by atoms with Crippen molar-refractivity contribution < 1.29 is 0 Å². The van der Waals surface area contributed by atoms with Crippen molar-refractivity contribution in [3.05, 3.63) is 77.0 Å². The Morgan fingerprint density at radius 1 is 1.08 bits per heavy atom. The lowest BCUT2D eigenvalue weighted by atomic mass is 10.2. The second-order valence-electron chi connectivity index (χ2n) is 5.48. The van der Waals surface area contributed by atoms with Crippen LogP contribution in [-0.4, -0.2) is 17.0 Å². The molecular weight excluding hydrogens is 314 g/mol. The van der Waals surface area contributed by atoms with Crippen molar-refractivity contribution in [3.8, 4) is 0 Å². The average Bonchev–Trinajstić information content (AvgIpc) is 2.65. The van der Waals surface area contributed by atoms with Crippen LogP contribution in [0.5, 0.6) is 0 Å². The summed E-state index contributed by atoms with van der Waals surface area (Å²) in [7, 11) is 1.74. The lowest BCUT2D eigenvalue weighted by molar-refractivity contribution is 0.977. The number of allylic oxidation sites excluding steroid dienone is 2. The smallest absolute Gasteiger partial charge is 0.142 e. The third-order valence-electron chi connectivity index (χ3n) is 3.60. The normalized spacial score (nSPS) is 11.4.